The van der Waals surface area contributed by atoms with Crippen molar-refractivity contribution in [2.75, 3.05) is 6.54 Å². The smallest absolute Gasteiger partial charge is 0.224 e. The highest BCUT2D eigenvalue weighted by molar-refractivity contribution is 5.85. The highest BCUT2D eigenvalue weighted by Crippen LogP contribution is 2.27. The molecule has 1 aliphatic heterocycles. The number of nitrogens with zero attached hydrogens (tertiary/aromatic N) is 1. The lowest BCUT2D eigenvalue weighted by Crippen LogP contribution is -2.49. The first-order chi connectivity index (χ1) is 7.68. The normalized spacial score (nSPS) is 24.3. The Bertz CT molecular complexity index is 248. The fourth-order valence-corrected chi connectivity index (χ4v) is 2.83. The van der Waals surface area contributed by atoms with Crippen molar-refractivity contribution < 1.29 is 4.79 Å². The van der Waals surface area contributed by atoms with Crippen molar-refractivity contribution in [1.29, 1.82) is 0 Å². The van der Waals surface area contributed by atoms with Crippen LogP contribution in [0.25, 0.3) is 0 Å². The molecule has 1 saturated carbocycles. The summed E-state index contributed by atoms with van der Waals surface area (Å²) in [5, 5.41) is 3.41. The number of carbonyl (C=O) groups excluding carboxylic acids is 1. The molecule has 0 aromatic heterocycles. The fourth-order valence-electron chi connectivity index (χ4n) is 2.83. The van der Waals surface area contributed by atoms with E-state index >= 15 is 0 Å². The molecule has 0 spiro atoms. The Morgan fingerprint density at radius 2 is 2.00 bits per heavy atom. The summed E-state index contributed by atoms with van der Waals surface area (Å²) in [6.07, 6.45) is 6.81. The first-order valence-electron chi connectivity index (χ1n) is 6.73. The highest BCUT2D eigenvalue weighted by atomic mass is 35.5. The molecule has 1 heterocycles. The van der Waals surface area contributed by atoms with Gasteiger partial charge in [-0.25, -0.2) is 0 Å². The molecule has 0 radical (unpaired) electrons. The molecule has 2 rings (SSSR count). The van der Waals surface area contributed by atoms with E-state index in [0.29, 0.717) is 30.5 Å². The van der Waals surface area contributed by atoms with Gasteiger partial charge >= 0.3 is 0 Å². The summed E-state index contributed by atoms with van der Waals surface area (Å²) in [5.74, 6) is 0.360. The van der Waals surface area contributed by atoms with Gasteiger partial charge in [-0.3, -0.25) is 4.79 Å². The maximum Gasteiger partial charge on any atom is 0.224 e. The SMILES string of the molecule is CC(C)N(C(=O)CC1CCCN1)C1CCC1.Cl. The molecule has 2 aliphatic rings. The third kappa shape index (κ3) is 3.59. The van der Waals surface area contributed by atoms with Crippen LogP contribution >= 0.6 is 12.4 Å². The molecule has 100 valence electrons. The summed E-state index contributed by atoms with van der Waals surface area (Å²) in [4.78, 5) is 14.4. The van der Waals surface area contributed by atoms with Crippen LogP contribution in [0.3, 0.4) is 0 Å². The summed E-state index contributed by atoms with van der Waals surface area (Å²) in [7, 11) is 0. The number of hydrogen-bond donors (Lipinski definition) is 1. The number of amides is 1. The molecule has 3 nitrogen and oxygen atoms in total. The largest absolute Gasteiger partial charge is 0.337 e. The Morgan fingerprint density at radius 1 is 1.29 bits per heavy atom. The summed E-state index contributed by atoms with van der Waals surface area (Å²) < 4.78 is 0. The van der Waals surface area contributed by atoms with Crippen molar-refractivity contribution in [2.45, 2.75) is 70.5 Å². The van der Waals surface area contributed by atoms with Gasteiger partial charge in [0.05, 0.1) is 0 Å². The average Bonchev–Trinajstić information content (AvgIpc) is 2.62. The predicted octanol–water partition coefficient (Wildman–Crippen LogP) is 2.34. The van der Waals surface area contributed by atoms with Crippen LogP contribution < -0.4 is 5.32 Å². The highest BCUT2D eigenvalue weighted by Gasteiger charge is 2.31. The second-order valence-electron chi connectivity index (χ2n) is 5.48. The lowest BCUT2D eigenvalue weighted by Gasteiger charge is -2.40. The van der Waals surface area contributed by atoms with Gasteiger partial charge < -0.3 is 10.2 Å². The zero-order valence-electron chi connectivity index (χ0n) is 10.9. The second kappa shape index (κ2) is 6.60. The minimum atomic E-state index is 0. The van der Waals surface area contributed by atoms with Gasteiger partial charge in [-0.05, 0) is 52.5 Å². The Morgan fingerprint density at radius 3 is 2.41 bits per heavy atom. The van der Waals surface area contributed by atoms with Gasteiger partial charge in [0.2, 0.25) is 5.91 Å². The molecular formula is C13H25ClN2O. The van der Waals surface area contributed by atoms with Crippen molar-refractivity contribution in [2.24, 2.45) is 0 Å². The van der Waals surface area contributed by atoms with Gasteiger partial charge in [-0.2, -0.15) is 0 Å². The van der Waals surface area contributed by atoms with Crippen molar-refractivity contribution in [3.8, 4) is 0 Å². The number of rotatable bonds is 4. The summed E-state index contributed by atoms with van der Waals surface area (Å²) in [5.41, 5.74) is 0. The Balaban J connectivity index is 0.00000144. The first-order valence-corrected chi connectivity index (χ1v) is 6.73. The van der Waals surface area contributed by atoms with E-state index in [1.54, 1.807) is 0 Å². The van der Waals surface area contributed by atoms with Gasteiger partial charge in [0.15, 0.2) is 0 Å². The molecule has 1 atom stereocenters. The zero-order valence-corrected chi connectivity index (χ0v) is 11.8. The van der Waals surface area contributed by atoms with E-state index in [2.05, 4.69) is 24.1 Å². The Hall–Kier alpha value is -0.280. The molecule has 0 aromatic carbocycles. The topological polar surface area (TPSA) is 32.3 Å². The maximum atomic E-state index is 12.3. The van der Waals surface area contributed by atoms with Crippen LogP contribution in [0.5, 0.6) is 0 Å². The number of hydrogen-bond acceptors (Lipinski definition) is 2. The molecule has 0 aromatic rings. The van der Waals surface area contributed by atoms with E-state index in [1.165, 1.54) is 32.1 Å². The van der Waals surface area contributed by atoms with Gasteiger partial charge in [0, 0.05) is 24.5 Å². The lowest BCUT2D eigenvalue weighted by molar-refractivity contribution is -0.137. The average molecular weight is 261 g/mol. The van der Waals surface area contributed by atoms with E-state index in [4.69, 9.17) is 0 Å². The molecule has 1 saturated heterocycles. The molecule has 4 heteroatoms. The van der Waals surface area contributed by atoms with E-state index in [0.717, 1.165) is 6.54 Å². The first kappa shape index (κ1) is 14.8. The van der Waals surface area contributed by atoms with Crippen LogP contribution in [-0.2, 0) is 4.79 Å². The summed E-state index contributed by atoms with van der Waals surface area (Å²) in [6.45, 7) is 5.36. The van der Waals surface area contributed by atoms with Crippen molar-refractivity contribution in [3.63, 3.8) is 0 Å². The second-order valence-corrected chi connectivity index (χ2v) is 5.48. The Kier molecular flexibility index (Phi) is 5.74. The van der Waals surface area contributed by atoms with Gasteiger partial charge in [0.1, 0.15) is 0 Å². The molecule has 1 aliphatic carbocycles. The van der Waals surface area contributed by atoms with E-state index < -0.39 is 0 Å². The zero-order chi connectivity index (χ0) is 11.5. The standard InChI is InChI=1S/C13H24N2O.ClH/c1-10(2)15(12-6-3-7-12)13(16)9-11-5-4-8-14-11;/h10-12,14H,3-9H2,1-2H3;1H. The number of halogens is 1. The molecular weight excluding hydrogens is 236 g/mol. The number of nitrogens with one attached hydrogen (secondary N) is 1. The minimum Gasteiger partial charge on any atom is -0.337 e. The minimum absolute atomic E-state index is 0. The van der Waals surface area contributed by atoms with Crippen LogP contribution in [0.1, 0.15) is 52.4 Å². The molecule has 2 fully saturated rings. The van der Waals surface area contributed by atoms with Gasteiger partial charge in [-0.1, -0.05) is 0 Å². The van der Waals surface area contributed by atoms with Crippen molar-refractivity contribution in [3.05, 3.63) is 0 Å². The van der Waals surface area contributed by atoms with Crippen LogP contribution in [-0.4, -0.2) is 35.5 Å². The molecule has 1 amide bonds. The fraction of sp³-hybridized carbons (Fsp3) is 0.923. The van der Waals surface area contributed by atoms with E-state index in [1.807, 2.05) is 0 Å². The van der Waals surface area contributed by atoms with Gasteiger partial charge in [0.25, 0.3) is 0 Å². The van der Waals surface area contributed by atoms with E-state index in [-0.39, 0.29) is 12.4 Å². The maximum absolute atomic E-state index is 12.3. The molecule has 1 unspecified atom stereocenters. The van der Waals surface area contributed by atoms with E-state index in [9.17, 15) is 4.79 Å². The third-order valence-electron chi connectivity index (χ3n) is 3.90. The van der Waals surface area contributed by atoms with Crippen LogP contribution in [0.4, 0.5) is 0 Å². The van der Waals surface area contributed by atoms with Crippen molar-refractivity contribution >= 4 is 18.3 Å². The van der Waals surface area contributed by atoms with Gasteiger partial charge in [-0.15, -0.1) is 12.4 Å². The van der Waals surface area contributed by atoms with Crippen LogP contribution in [0.2, 0.25) is 0 Å². The third-order valence-corrected chi connectivity index (χ3v) is 3.90. The summed E-state index contributed by atoms with van der Waals surface area (Å²) in [6, 6.07) is 1.34. The van der Waals surface area contributed by atoms with Crippen LogP contribution in [0.15, 0.2) is 0 Å². The molecule has 0 bridgehead atoms. The van der Waals surface area contributed by atoms with Crippen molar-refractivity contribution in [1.82, 2.24) is 10.2 Å². The summed E-state index contributed by atoms with van der Waals surface area (Å²) >= 11 is 0. The van der Waals surface area contributed by atoms with Crippen LogP contribution in [0, 0.1) is 0 Å². The predicted molar refractivity (Wildman–Crippen MR) is 72.5 cm³/mol. The monoisotopic (exact) mass is 260 g/mol. The quantitative estimate of drug-likeness (QED) is 0.842. The lowest BCUT2D eigenvalue weighted by atomic mass is 9.90. The molecule has 17 heavy (non-hydrogen) atoms. The number of carbonyl (C=O) groups is 1. The molecule has 1 N–H and O–H groups in total. The Labute approximate surface area is 111 Å².